The first-order chi connectivity index (χ1) is 8.84. The summed E-state index contributed by atoms with van der Waals surface area (Å²) in [5.74, 6) is 0. The van der Waals surface area contributed by atoms with Gasteiger partial charge in [-0.1, -0.05) is 42.5 Å². The molecule has 0 aliphatic heterocycles. The van der Waals surface area contributed by atoms with Gasteiger partial charge in [0.05, 0.1) is 10.2 Å². The molecule has 0 saturated carbocycles. The summed E-state index contributed by atoms with van der Waals surface area (Å²) in [6.45, 7) is 0. The van der Waals surface area contributed by atoms with E-state index in [1.54, 1.807) is 6.21 Å². The van der Waals surface area contributed by atoms with E-state index in [-0.39, 0.29) is 0 Å². The molecule has 1 N–H and O–H groups in total. The Labute approximate surface area is 116 Å². The van der Waals surface area contributed by atoms with Gasteiger partial charge in [-0.15, -0.1) is 0 Å². The molecule has 92 valence electrons. The third-order valence-corrected chi connectivity index (χ3v) is 2.94. The molecule has 1 aliphatic carbocycles. The minimum atomic E-state index is 0.368. The van der Waals surface area contributed by atoms with Crippen LogP contribution in [0.3, 0.4) is 0 Å². The van der Waals surface area contributed by atoms with Gasteiger partial charge in [-0.05, 0) is 34.5 Å². The predicted molar refractivity (Wildman–Crippen MR) is 81.4 cm³/mol. The summed E-state index contributed by atoms with van der Waals surface area (Å²) >= 11 is 3.47. The number of aliphatic imine (C=N–C) groups is 1. The Morgan fingerprint density at radius 1 is 1.28 bits per heavy atom. The minimum Gasteiger partial charge on any atom is -0.383 e. The van der Waals surface area contributed by atoms with E-state index in [0.29, 0.717) is 6.04 Å². The molecule has 2 rings (SSSR count). The second kappa shape index (κ2) is 6.97. The highest BCUT2D eigenvalue weighted by Gasteiger charge is 2.01. The maximum atomic E-state index is 4.36. The van der Waals surface area contributed by atoms with E-state index in [0.717, 1.165) is 16.6 Å². The van der Waals surface area contributed by atoms with Crippen LogP contribution >= 0.6 is 15.9 Å². The first kappa shape index (κ1) is 12.8. The SMILES string of the molecule is BrC(=C\NC1C=CC=CC1)/C=N/c1ccccc1. The lowest BCUT2D eigenvalue weighted by atomic mass is 10.1. The molecule has 0 saturated heterocycles. The van der Waals surface area contributed by atoms with E-state index in [4.69, 9.17) is 0 Å². The quantitative estimate of drug-likeness (QED) is 0.832. The summed E-state index contributed by atoms with van der Waals surface area (Å²) in [6.07, 6.45) is 13.2. The summed E-state index contributed by atoms with van der Waals surface area (Å²) in [4.78, 5) is 4.36. The first-order valence-corrected chi connectivity index (χ1v) is 6.68. The monoisotopic (exact) mass is 302 g/mol. The van der Waals surface area contributed by atoms with Gasteiger partial charge in [0.25, 0.3) is 0 Å². The molecule has 1 aliphatic rings. The highest BCUT2D eigenvalue weighted by atomic mass is 79.9. The standard InChI is InChI=1S/C15H15BrN2/c16-13(11-17-14-7-3-1-4-8-14)12-18-15-9-5-2-6-10-15/h1-9,11-12,15,18H,10H2/b13-12-,17-11+. The molecule has 0 amide bonds. The molecule has 1 aromatic carbocycles. The highest BCUT2D eigenvalue weighted by Crippen LogP contribution is 2.11. The topological polar surface area (TPSA) is 24.4 Å². The van der Waals surface area contributed by atoms with Crippen molar-refractivity contribution in [1.82, 2.24) is 5.32 Å². The van der Waals surface area contributed by atoms with Crippen molar-refractivity contribution in [3.8, 4) is 0 Å². The Bertz CT molecular complexity index is 486. The minimum absolute atomic E-state index is 0.368. The summed E-state index contributed by atoms with van der Waals surface area (Å²) in [5.41, 5.74) is 0.948. The predicted octanol–water partition coefficient (Wildman–Crippen LogP) is 4.10. The number of hydrogen-bond donors (Lipinski definition) is 1. The van der Waals surface area contributed by atoms with Crippen LogP contribution in [0.4, 0.5) is 5.69 Å². The van der Waals surface area contributed by atoms with E-state index >= 15 is 0 Å². The second-order valence-electron chi connectivity index (χ2n) is 3.94. The van der Waals surface area contributed by atoms with Crippen LogP contribution in [0.1, 0.15) is 6.42 Å². The zero-order chi connectivity index (χ0) is 12.6. The fourth-order valence-electron chi connectivity index (χ4n) is 1.58. The molecule has 2 nitrogen and oxygen atoms in total. The van der Waals surface area contributed by atoms with Crippen molar-refractivity contribution in [3.63, 3.8) is 0 Å². The van der Waals surface area contributed by atoms with Crippen molar-refractivity contribution in [2.75, 3.05) is 0 Å². The lowest BCUT2D eigenvalue weighted by Gasteiger charge is -2.12. The largest absolute Gasteiger partial charge is 0.383 e. The average Bonchev–Trinajstić information content (AvgIpc) is 2.45. The Morgan fingerprint density at radius 2 is 2.11 bits per heavy atom. The van der Waals surface area contributed by atoms with Gasteiger partial charge in [-0.25, -0.2) is 0 Å². The fraction of sp³-hybridized carbons (Fsp3) is 0.133. The molecule has 1 unspecified atom stereocenters. The van der Waals surface area contributed by atoms with Crippen LogP contribution in [-0.2, 0) is 0 Å². The van der Waals surface area contributed by atoms with E-state index in [2.05, 4.69) is 50.5 Å². The van der Waals surface area contributed by atoms with Gasteiger partial charge >= 0.3 is 0 Å². The van der Waals surface area contributed by atoms with Gasteiger partial charge in [-0.2, -0.15) is 0 Å². The molecule has 18 heavy (non-hydrogen) atoms. The highest BCUT2D eigenvalue weighted by molar-refractivity contribution is 9.12. The smallest absolute Gasteiger partial charge is 0.0630 e. The molecule has 1 aromatic rings. The van der Waals surface area contributed by atoms with Crippen molar-refractivity contribution in [2.24, 2.45) is 4.99 Å². The van der Waals surface area contributed by atoms with E-state index in [1.807, 2.05) is 36.5 Å². The summed E-state index contributed by atoms with van der Waals surface area (Å²) in [7, 11) is 0. The Morgan fingerprint density at radius 3 is 2.83 bits per heavy atom. The van der Waals surface area contributed by atoms with E-state index < -0.39 is 0 Å². The summed E-state index contributed by atoms with van der Waals surface area (Å²) < 4.78 is 0.925. The van der Waals surface area contributed by atoms with Gasteiger partial charge < -0.3 is 5.32 Å². The van der Waals surface area contributed by atoms with Crippen LogP contribution in [0.5, 0.6) is 0 Å². The zero-order valence-electron chi connectivity index (χ0n) is 9.96. The Kier molecular flexibility index (Phi) is 4.97. The molecule has 0 bridgehead atoms. The van der Waals surface area contributed by atoms with Crippen molar-refractivity contribution < 1.29 is 0 Å². The van der Waals surface area contributed by atoms with Crippen LogP contribution in [0.25, 0.3) is 0 Å². The number of nitrogens with zero attached hydrogens (tertiary/aromatic N) is 1. The molecule has 0 radical (unpaired) electrons. The summed E-state index contributed by atoms with van der Waals surface area (Å²) in [6, 6.07) is 10.2. The zero-order valence-corrected chi connectivity index (χ0v) is 11.5. The van der Waals surface area contributed by atoms with Gasteiger partial charge in [-0.3, -0.25) is 4.99 Å². The molecule has 0 fully saturated rings. The normalized spacial score (nSPS) is 19.4. The van der Waals surface area contributed by atoms with Gasteiger partial charge in [0.1, 0.15) is 0 Å². The molecule has 0 spiro atoms. The van der Waals surface area contributed by atoms with Crippen molar-refractivity contribution in [3.05, 3.63) is 65.3 Å². The number of allylic oxidation sites excluding steroid dienone is 3. The molecular weight excluding hydrogens is 288 g/mol. The first-order valence-electron chi connectivity index (χ1n) is 5.89. The summed E-state index contributed by atoms with van der Waals surface area (Å²) in [5, 5.41) is 3.32. The Hall–Kier alpha value is -1.61. The Balaban J connectivity index is 1.87. The molecule has 3 heteroatoms. The van der Waals surface area contributed by atoms with Crippen LogP contribution < -0.4 is 5.32 Å². The lowest BCUT2D eigenvalue weighted by molar-refractivity contribution is 0.705. The van der Waals surface area contributed by atoms with Gasteiger partial charge in [0.2, 0.25) is 0 Å². The number of benzene rings is 1. The van der Waals surface area contributed by atoms with E-state index in [9.17, 15) is 0 Å². The van der Waals surface area contributed by atoms with Crippen molar-refractivity contribution in [2.45, 2.75) is 12.5 Å². The van der Waals surface area contributed by atoms with Crippen LogP contribution in [0, 0.1) is 0 Å². The van der Waals surface area contributed by atoms with Crippen LogP contribution in [-0.4, -0.2) is 12.3 Å². The number of para-hydroxylation sites is 1. The van der Waals surface area contributed by atoms with Crippen molar-refractivity contribution in [1.29, 1.82) is 0 Å². The number of rotatable bonds is 4. The maximum Gasteiger partial charge on any atom is 0.0630 e. The average molecular weight is 303 g/mol. The van der Waals surface area contributed by atoms with Crippen LogP contribution in [0.2, 0.25) is 0 Å². The fourth-order valence-corrected chi connectivity index (χ4v) is 1.81. The third-order valence-electron chi connectivity index (χ3n) is 2.51. The molecule has 0 heterocycles. The molecular formula is C15H15BrN2. The van der Waals surface area contributed by atoms with Gasteiger partial charge in [0, 0.05) is 18.5 Å². The number of hydrogen-bond acceptors (Lipinski definition) is 2. The lowest BCUT2D eigenvalue weighted by Crippen LogP contribution is -2.22. The second-order valence-corrected chi connectivity index (χ2v) is 4.86. The van der Waals surface area contributed by atoms with Crippen LogP contribution in [0.15, 0.2) is 70.3 Å². The molecule has 1 atom stereocenters. The number of halogens is 1. The van der Waals surface area contributed by atoms with E-state index in [1.165, 1.54) is 0 Å². The van der Waals surface area contributed by atoms with Gasteiger partial charge in [0.15, 0.2) is 0 Å². The number of nitrogens with one attached hydrogen (secondary N) is 1. The maximum absolute atomic E-state index is 4.36. The van der Waals surface area contributed by atoms with Crippen molar-refractivity contribution >= 4 is 27.8 Å². The molecule has 0 aromatic heterocycles. The third kappa shape index (κ3) is 4.34.